The summed E-state index contributed by atoms with van der Waals surface area (Å²) in [6, 6.07) is 4.13. The van der Waals surface area contributed by atoms with Gasteiger partial charge in [0.1, 0.15) is 0 Å². The van der Waals surface area contributed by atoms with Crippen LogP contribution in [0.3, 0.4) is 0 Å². The molecule has 0 fully saturated rings. The molecule has 1 heterocycles. The highest BCUT2D eigenvalue weighted by atomic mass is 15.1. The van der Waals surface area contributed by atoms with Crippen molar-refractivity contribution >= 4 is 0 Å². The molecule has 0 N–H and O–H groups in total. The predicted molar refractivity (Wildman–Crippen MR) is 52.3 cm³/mol. The minimum absolute atomic E-state index is 0.188. The lowest BCUT2D eigenvalue weighted by molar-refractivity contribution is 0.242. The number of hydrogen-bond acceptors (Lipinski definition) is 1. The Morgan fingerprint density at radius 3 is 2.08 bits per heavy atom. The SMILES string of the molecule is CN(C)CC(C)(C)n1cccc1. The molecule has 0 aliphatic carbocycles. The molecule has 0 atom stereocenters. The van der Waals surface area contributed by atoms with Crippen LogP contribution >= 0.6 is 0 Å². The van der Waals surface area contributed by atoms with Crippen molar-refractivity contribution in [3.8, 4) is 0 Å². The molecule has 12 heavy (non-hydrogen) atoms. The van der Waals surface area contributed by atoms with Gasteiger partial charge in [0.25, 0.3) is 0 Å². The van der Waals surface area contributed by atoms with Crippen LogP contribution < -0.4 is 0 Å². The first-order valence-electron chi connectivity index (χ1n) is 4.30. The third-order valence-electron chi connectivity index (χ3n) is 2.01. The Morgan fingerprint density at radius 2 is 1.67 bits per heavy atom. The van der Waals surface area contributed by atoms with E-state index in [1.165, 1.54) is 0 Å². The molecule has 0 aliphatic heterocycles. The molecule has 2 heteroatoms. The quantitative estimate of drug-likeness (QED) is 0.664. The molecule has 0 saturated heterocycles. The smallest absolute Gasteiger partial charge is 0.0510 e. The number of likely N-dealkylation sites (N-methyl/N-ethyl adjacent to an activating group) is 1. The van der Waals surface area contributed by atoms with Crippen molar-refractivity contribution in [2.24, 2.45) is 0 Å². The molecule has 68 valence electrons. The second-order valence-electron chi connectivity index (χ2n) is 4.14. The average molecular weight is 166 g/mol. The first-order chi connectivity index (χ1) is 5.52. The van der Waals surface area contributed by atoms with E-state index >= 15 is 0 Å². The zero-order valence-corrected chi connectivity index (χ0v) is 8.41. The normalized spacial score (nSPS) is 12.4. The maximum absolute atomic E-state index is 2.24. The van der Waals surface area contributed by atoms with Crippen LogP contribution in [-0.2, 0) is 5.54 Å². The molecule has 0 aromatic carbocycles. The second kappa shape index (κ2) is 3.31. The van der Waals surface area contributed by atoms with Crippen molar-refractivity contribution < 1.29 is 0 Å². The van der Waals surface area contributed by atoms with Crippen LogP contribution in [0.25, 0.3) is 0 Å². The molecule has 1 rings (SSSR count). The van der Waals surface area contributed by atoms with Crippen molar-refractivity contribution in [1.82, 2.24) is 9.47 Å². The van der Waals surface area contributed by atoms with E-state index in [0.717, 1.165) is 6.54 Å². The van der Waals surface area contributed by atoms with E-state index in [4.69, 9.17) is 0 Å². The van der Waals surface area contributed by atoms with Crippen LogP contribution in [0.4, 0.5) is 0 Å². The van der Waals surface area contributed by atoms with Crippen LogP contribution in [0.2, 0.25) is 0 Å². The van der Waals surface area contributed by atoms with E-state index in [0.29, 0.717) is 0 Å². The van der Waals surface area contributed by atoms with Crippen LogP contribution in [0.15, 0.2) is 24.5 Å². The summed E-state index contributed by atoms with van der Waals surface area (Å²) in [5.74, 6) is 0. The van der Waals surface area contributed by atoms with Crippen LogP contribution in [0, 0.1) is 0 Å². The topological polar surface area (TPSA) is 8.17 Å². The molecule has 0 unspecified atom stereocenters. The zero-order valence-electron chi connectivity index (χ0n) is 8.41. The lowest BCUT2D eigenvalue weighted by Crippen LogP contribution is -2.36. The number of aromatic nitrogens is 1. The standard InChI is InChI=1S/C10H18N2/c1-10(2,9-11(3)4)12-7-5-6-8-12/h5-8H,9H2,1-4H3. The van der Waals surface area contributed by atoms with Gasteiger partial charge in [0, 0.05) is 18.9 Å². The van der Waals surface area contributed by atoms with Crippen LogP contribution in [0.5, 0.6) is 0 Å². The maximum Gasteiger partial charge on any atom is 0.0510 e. The summed E-state index contributed by atoms with van der Waals surface area (Å²) < 4.78 is 2.24. The Balaban J connectivity index is 2.72. The second-order valence-corrected chi connectivity index (χ2v) is 4.14. The van der Waals surface area contributed by atoms with Gasteiger partial charge in [-0.15, -0.1) is 0 Å². The Labute approximate surface area is 74.8 Å². The van der Waals surface area contributed by atoms with Gasteiger partial charge in [-0.05, 0) is 40.1 Å². The van der Waals surface area contributed by atoms with E-state index in [1.54, 1.807) is 0 Å². The highest BCUT2D eigenvalue weighted by molar-refractivity contribution is 4.96. The average Bonchev–Trinajstić information content (AvgIpc) is 2.32. The minimum Gasteiger partial charge on any atom is -0.348 e. The summed E-state index contributed by atoms with van der Waals surface area (Å²) in [5.41, 5.74) is 0.188. The van der Waals surface area contributed by atoms with Gasteiger partial charge in [-0.2, -0.15) is 0 Å². The van der Waals surface area contributed by atoms with Crippen molar-refractivity contribution in [1.29, 1.82) is 0 Å². The van der Waals surface area contributed by atoms with Crippen molar-refractivity contribution in [2.45, 2.75) is 19.4 Å². The molecule has 0 amide bonds. The van der Waals surface area contributed by atoms with E-state index in [9.17, 15) is 0 Å². The molecular formula is C10H18N2. The predicted octanol–water partition coefficient (Wildman–Crippen LogP) is 1.78. The molecule has 0 aliphatic rings. The molecule has 0 saturated carbocycles. The van der Waals surface area contributed by atoms with Gasteiger partial charge in [-0.3, -0.25) is 0 Å². The lowest BCUT2D eigenvalue weighted by Gasteiger charge is -2.30. The molecule has 0 bridgehead atoms. The van der Waals surface area contributed by atoms with Gasteiger partial charge >= 0.3 is 0 Å². The fourth-order valence-electron chi connectivity index (χ4n) is 1.59. The third-order valence-corrected chi connectivity index (χ3v) is 2.01. The summed E-state index contributed by atoms with van der Waals surface area (Å²) in [4.78, 5) is 2.21. The molecule has 1 aromatic heterocycles. The summed E-state index contributed by atoms with van der Waals surface area (Å²) in [5, 5.41) is 0. The van der Waals surface area contributed by atoms with Gasteiger partial charge in [0.15, 0.2) is 0 Å². The first kappa shape index (κ1) is 9.33. The van der Waals surface area contributed by atoms with Crippen LogP contribution in [-0.4, -0.2) is 30.1 Å². The molecule has 1 aromatic rings. The minimum atomic E-state index is 0.188. The highest BCUT2D eigenvalue weighted by Crippen LogP contribution is 2.15. The Bertz CT molecular complexity index is 222. The summed E-state index contributed by atoms with van der Waals surface area (Å²) in [6.07, 6.45) is 4.23. The largest absolute Gasteiger partial charge is 0.348 e. The zero-order chi connectivity index (χ0) is 9.19. The Kier molecular flexibility index (Phi) is 2.58. The number of hydrogen-bond donors (Lipinski definition) is 0. The van der Waals surface area contributed by atoms with Gasteiger partial charge in [-0.1, -0.05) is 0 Å². The van der Waals surface area contributed by atoms with E-state index in [1.807, 2.05) is 0 Å². The van der Waals surface area contributed by atoms with E-state index in [2.05, 4.69) is 61.9 Å². The molecule has 0 radical (unpaired) electrons. The van der Waals surface area contributed by atoms with Crippen LogP contribution in [0.1, 0.15) is 13.8 Å². The van der Waals surface area contributed by atoms with Gasteiger partial charge < -0.3 is 9.47 Å². The lowest BCUT2D eigenvalue weighted by atomic mass is 10.1. The van der Waals surface area contributed by atoms with E-state index in [-0.39, 0.29) is 5.54 Å². The summed E-state index contributed by atoms with van der Waals surface area (Å²) in [7, 11) is 4.20. The maximum atomic E-state index is 2.24. The van der Waals surface area contributed by atoms with Crippen molar-refractivity contribution in [2.75, 3.05) is 20.6 Å². The van der Waals surface area contributed by atoms with Crippen molar-refractivity contribution in [3.63, 3.8) is 0 Å². The van der Waals surface area contributed by atoms with E-state index < -0.39 is 0 Å². The summed E-state index contributed by atoms with van der Waals surface area (Å²) in [6.45, 7) is 5.54. The summed E-state index contributed by atoms with van der Waals surface area (Å²) >= 11 is 0. The molecule has 0 spiro atoms. The fourth-order valence-corrected chi connectivity index (χ4v) is 1.59. The number of nitrogens with zero attached hydrogens (tertiary/aromatic N) is 2. The highest BCUT2D eigenvalue weighted by Gasteiger charge is 2.19. The third kappa shape index (κ3) is 2.11. The molecular weight excluding hydrogens is 148 g/mol. The Hall–Kier alpha value is -0.760. The van der Waals surface area contributed by atoms with Gasteiger partial charge in [0.2, 0.25) is 0 Å². The Morgan fingerprint density at radius 1 is 1.17 bits per heavy atom. The monoisotopic (exact) mass is 166 g/mol. The van der Waals surface area contributed by atoms with Gasteiger partial charge in [-0.25, -0.2) is 0 Å². The number of rotatable bonds is 3. The van der Waals surface area contributed by atoms with Crippen molar-refractivity contribution in [3.05, 3.63) is 24.5 Å². The van der Waals surface area contributed by atoms with Gasteiger partial charge in [0.05, 0.1) is 5.54 Å². The fraction of sp³-hybridized carbons (Fsp3) is 0.600. The molecule has 2 nitrogen and oxygen atoms in total. The first-order valence-corrected chi connectivity index (χ1v) is 4.30.